The van der Waals surface area contributed by atoms with Crippen LogP contribution in [0.2, 0.25) is 0 Å². The molecule has 2 atom stereocenters. The lowest BCUT2D eigenvalue weighted by Gasteiger charge is -2.27. The van der Waals surface area contributed by atoms with Gasteiger partial charge in [0.25, 0.3) is 0 Å². The Bertz CT molecular complexity index is 496. The SMILES string of the molecule is CC(C)(C)NCC1CCCc2sc(C3CC3(C)C)nc21. The van der Waals surface area contributed by atoms with Crippen molar-refractivity contribution in [1.82, 2.24) is 10.3 Å². The Kier molecular flexibility index (Phi) is 3.49. The van der Waals surface area contributed by atoms with Crippen molar-refractivity contribution in [1.29, 1.82) is 0 Å². The second-order valence-electron chi connectivity index (χ2n) is 8.33. The lowest BCUT2D eigenvalue weighted by molar-refractivity contribution is 0.388. The summed E-state index contributed by atoms with van der Waals surface area (Å²) in [7, 11) is 0. The first-order chi connectivity index (χ1) is 9.26. The van der Waals surface area contributed by atoms with Crippen LogP contribution in [0.5, 0.6) is 0 Å². The van der Waals surface area contributed by atoms with E-state index in [1.807, 2.05) is 11.3 Å². The zero-order chi connectivity index (χ0) is 14.5. The molecule has 1 heterocycles. The fourth-order valence-electron chi connectivity index (χ4n) is 3.19. The first kappa shape index (κ1) is 14.5. The number of aromatic nitrogens is 1. The zero-order valence-electron chi connectivity index (χ0n) is 13.5. The van der Waals surface area contributed by atoms with Gasteiger partial charge in [-0.2, -0.15) is 0 Å². The Balaban J connectivity index is 1.75. The number of aryl methyl sites for hydroxylation is 1. The van der Waals surface area contributed by atoms with Crippen LogP contribution < -0.4 is 5.32 Å². The molecule has 3 heteroatoms. The molecule has 1 aromatic heterocycles. The topological polar surface area (TPSA) is 24.9 Å². The monoisotopic (exact) mass is 292 g/mol. The highest BCUT2D eigenvalue weighted by molar-refractivity contribution is 7.11. The van der Waals surface area contributed by atoms with Crippen LogP contribution in [0.4, 0.5) is 0 Å². The van der Waals surface area contributed by atoms with Crippen LogP contribution in [-0.4, -0.2) is 17.1 Å². The molecule has 1 N–H and O–H groups in total. The highest BCUT2D eigenvalue weighted by Crippen LogP contribution is 2.59. The summed E-state index contributed by atoms with van der Waals surface area (Å²) in [4.78, 5) is 6.65. The Morgan fingerprint density at radius 3 is 2.65 bits per heavy atom. The van der Waals surface area contributed by atoms with E-state index in [4.69, 9.17) is 4.98 Å². The highest BCUT2D eigenvalue weighted by Gasteiger charge is 2.49. The fourth-order valence-corrected chi connectivity index (χ4v) is 4.70. The molecule has 0 bridgehead atoms. The van der Waals surface area contributed by atoms with E-state index in [0.717, 1.165) is 12.5 Å². The van der Waals surface area contributed by atoms with E-state index in [0.29, 0.717) is 11.3 Å². The molecule has 1 saturated carbocycles. The zero-order valence-corrected chi connectivity index (χ0v) is 14.4. The lowest BCUT2D eigenvalue weighted by atomic mass is 9.90. The minimum absolute atomic E-state index is 0.203. The smallest absolute Gasteiger partial charge is 0.0967 e. The van der Waals surface area contributed by atoms with Gasteiger partial charge < -0.3 is 5.32 Å². The van der Waals surface area contributed by atoms with Crippen molar-refractivity contribution in [3.8, 4) is 0 Å². The van der Waals surface area contributed by atoms with Gasteiger partial charge in [0.1, 0.15) is 0 Å². The minimum Gasteiger partial charge on any atom is -0.311 e. The summed E-state index contributed by atoms with van der Waals surface area (Å²) in [6, 6.07) is 0. The average Bonchev–Trinajstić information content (AvgIpc) is 2.80. The number of fused-ring (bicyclic) bond motifs is 1. The molecule has 2 unspecified atom stereocenters. The van der Waals surface area contributed by atoms with Crippen LogP contribution in [0.15, 0.2) is 0 Å². The molecule has 112 valence electrons. The summed E-state index contributed by atoms with van der Waals surface area (Å²) < 4.78 is 0. The Hall–Kier alpha value is -0.410. The number of hydrogen-bond donors (Lipinski definition) is 1. The third kappa shape index (κ3) is 2.94. The van der Waals surface area contributed by atoms with Gasteiger partial charge in [-0.25, -0.2) is 4.98 Å². The van der Waals surface area contributed by atoms with E-state index in [9.17, 15) is 0 Å². The second-order valence-corrected chi connectivity index (χ2v) is 9.44. The lowest BCUT2D eigenvalue weighted by Crippen LogP contribution is -2.39. The minimum atomic E-state index is 0.203. The Morgan fingerprint density at radius 2 is 2.05 bits per heavy atom. The largest absolute Gasteiger partial charge is 0.311 e. The Morgan fingerprint density at radius 1 is 1.35 bits per heavy atom. The first-order valence-electron chi connectivity index (χ1n) is 8.01. The molecule has 0 amide bonds. The van der Waals surface area contributed by atoms with Gasteiger partial charge in [-0.05, 0) is 51.9 Å². The molecule has 2 aliphatic rings. The maximum atomic E-state index is 5.07. The number of thiazole rings is 1. The number of rotatable bonds is 3. The van der Waals surface area contributed by atoms with Gasteiger partial charge in [-0.15, -0.1) is 11.3 Å². The molecule has 3 rings (SSSR count). The van der Waals surface area contributed by atoms with Crippen molar-refractivity contribution in [2.75, 3.05) is 6.54 Å². The third-order valence-electron chi connectivity index (χ3n) is 4.78. The first-order valence-corrected chi connectivity index (χ1v) is 8.82. The maximum Gasteiger partial charge on any atom is 0.0967 e. The van der Waals surface area contributed by atoms with E-state index in [2.05, 4.69) is 39.9 Å². The summed E-state index contributed by atoms with van der Waals surface area (Å²) in [6.45, 7) is 12.6. The molecule has 0 radical (unpaired) electrons. The van der Waals surface area contributed by atoms with Crippen molar-refractivity contribution in [2.45, 2.75) is 77.7 Å². The van der Waals surface area contributed by atoms with Crippen LogP contribution >= 0.6 is 11.3 Å². The van der Waals surface area contributed by atoms with Crippen LogP contribution in [-0.2, 0) is 6.42 Å². The molecule has 1 aromatic rings. The number of nitrogens with one attached hydrogen (secondary N) is 1. The number of hydrogen-bond acceptors (Lipinski definition) is 3. The third-order valence-corrected chi connectivity index (χ3v) is 6.02. The molecule has 1 fully saturated rings. The molecular formula is C17H28N2S. The van der Waals surface area contributed by atoms with Gasteiger partial charge >= 0.3 is 0 Å². The van der Waals surface area contributed by atoms with E-state index in [-0.39, 0.29) is 5.54 Å². The quantitative estimate of drug-likeness (QED) is 0.889. The molecule has 0 saturated heterocycles. The van der Waals surface area contributed by atoms with Gasteiger partial charge in [0, 0.05) is 28.8 Å². The van der Waals surface area contributed by atoms with Crippen molar-refractivity contribution in [3.05, 3.63) is 15.6 Å². The van der Waals surface area contributed by atoms with E-state index in [1.54, 1.807) is 4.88 Å². The van der Waals surface area contributed by atoms with Gasteiger partial charge in [0.05, 0.1) is 10.7 Å². The predicted molar refractivity (Wildman–Crippen MR) is 86.7 cm³/mol. The molecule has 0 aromatic carbocycles. The molecule has 2 nitrogen and oxygen atoms in total. The van der Waals surface area contributed by atoms with Crippen molar-refractivity contribution in [3.63, 3.8) is 0 Å². The normalized spacial score (nSPS) is 28.2. The van der Waals surface area contributed by atoms with Crippen LogP contribution in [0.1, 0.15) is 81.3 Å². The summed E-state index contributed by atoms with van der Waals surface area (Å²) in [5.74, 6) is 1.36. The molecule has 0 spiro atoms. The van der Waals surface area contributed by atoms with Crippen molar-refractivity contribution in [2.24, 2.45) is 5.41 Å². The van der Waals surface area contributed by atoms with E-state index >= 15 is 0 Å². The van der Waals surface area contributed by atoms with Gasteiger partial charge in [0.2, 0.25) is 0 Å². The molecule has 0 aliphatic heterocycles. The van der Waals surface area contributed by atoms with Gasteiger partial charge in [-0.1, -0.05) is 13.8 Å². The summed E-state index contributed by atoms with van der Waals surface area (Å²) in [6.07, 6.45) is 5.21. The van der Waals surface area contributed by atoms with E-state index in [1.165, 1.54) is 36.4 Å². The standard InChI is InChI=1S/C17H28N2S/c1-16(2,3)18-10-11-7-6-8-13-14(11)19-15(20-13)12-9-17(12,4)5/h11-12,18H,6-10H2,1-5H3. The van der Waals surface area contributed by atoms with Gasteiger partial charge in [-0.3, -0.25) is 0 Å². The number of nitrogens with zero attached hydrogens (tertiary/aromatic N) is 1. The van der Waals surface area contributed by atoms with Gasteiger partial charge in [0.15, 0.2) is 0 Å². The molecule has 20 heavy (non-hydrogen) atoms. The highest BCUT2D eigenvalue weighted by atomic mass is 32.1. The molecule has 2 aliphatic carbocycles. The average molecular weight is 292 g/mol. The maximum absolute atomic E-state index is 5.07. The summed E-state index contributed by atoms with van der Waals surface area (Å²) >= 11 is 2.01. The van der Waals surface area contributed by atoms with Crippen LogP contribution in [0.25, 0.3) is 0 Å². The summed E-state index contributed by atoms with van der Waals surface area (Å²) in [5.41, 5.74) is 2.13. The molecular weight excluding hydrogens is 264 g/mol. The van der Waals surface area contributed by atoms with Crippen LogP contribution in [0, 0.1) is 5.41 Å². The van der Waals surface area contributed by atoms with Crippen molar-refractivity contribution >= 4 is 11.3 Å². The second kappa shape index (κ2) is 4.81. The van der Waals surface area contributed by atoms with Crippen molar-refractivity contribution < 1.29 is 0 Å². The Labute approximate surface area is 127 Å². The summed E-state index contributed by atoms with van der Waals surface area (Å²) in [5, 5.41) is 5.09. The van der Waals surface area contributed by atoms with Crippen LogP contribution in [0.3, 0.4) is 0 Å². The predicted octanol–water partition coefficient (Wildman–Crippen LogP) is 4.46. The fraction of sp³-hybridized carbons (Fsp3) is 0.824. The van der Waals surface area contributed by atoms with E-state index < -0.39 is 0 Å².